The maximum Gasteiger partial charge on any atom is 0.231 e. The van der Waals surface area contributed by atoms with Crippen molar-refractivity contribution in [3.05, 3.63) is 30.3 Å². The van der Waals surface area contributed by atoms with E-state index >= 15 is 0 Å². The first-order valence-electron chi connectivity index (χ1n) is 15.8. The Morgan fingerprint density at radius 1 is 0.524 bits per heavy atom. The van der Waals surface area contributed by atoms with Gasteiger partial charge in [-0.25, -0.2) is 0 Å². The summed E-state index contributed by atoms with van der Waals surface area (Å²) in [6, 6.07) is 9.40. The molecule has 10 nitrogen and oxygen atoms in total. The SMILES string of the molecule is CCCCCCCCCCC(O)(COCCOCCOCCOCCOCCOCCOCCO)Oc1ccccc1. The highest BCUT2D eigenvalue weighted by Gasteiger charge is 2.29. The number of rotatable bonds is 33. The van der Waals surface area contributed by atoms with Gasteiger partial charge in [0.15, 0.2) is 0 Å². The summed E-state index contributed by atoms with van der Waals surface area (Å²) in [6.07, 6.45) is 10.1. The number of unbranched alkanes of at least 4 members (excludes halogenated alkanes) is 7. The van der Waals surface area contributed by atoms with Crippen LogP contribution < -0.4 is 4.74 Å². The molecule has 0 aliphatic rings. The number of para-hydroxylation sites is 1. The lowest BCUT2D eigenvalue weighted by Crippen LogP contribution is -2.41. The predicted octanol–water partition coefficient (Wildman–Crippen LogP) is 4.39. The molecule has 10 heteroatoms. The fourth-order valence-corrected chi connectivity index (χ4v) is 4.01. The third kappa shape index (κ3) is 25.2. The summed E-state index contributed by atoms with van der Waals surface area (Å²) in [4.78, 5) is 0. The van der Waals surface area contributed by atoms with Gasteiger partial charge in [-0.3, -0.25) is 0 Å². The Hall–Kier alpha value is -1.34. The second-order valence-electron chi connectivity index (χ2n) is 10.0. The normalized spacial score (nSPS) is 12.9. The molecule has 2 N–H and O–H groups in total. The van der Waals surface area contributed by atoms with E-state index in [1.807, 2.05) is 30.3 Å². The fourth-order valence-electron chi connectivity index (χ4n) is 4.01. The van der Waals surface area contributed by atoms with Crippen LogP contribution in [0.15, 0.2) is 30.3 Å². The van der Waals surface area contributed by atoms with E-state index in [9.17, 15) is 5.11 Å². The first kappa shape index (κ1) is 38.7. The Balaban J connectivity index is 1.99. The second-order valence-corrected chi connectivity index (χ2v) is 10.0. The highest BCUT2D eigenvalue weighted by atomic mass is 16.7. The van der Waals surface area contributed by atoms with Crippen LogP contribution in [0.3, 0.4) is 0 Å². The van der Waals surface area contributed by atoms with Crippen LogP contribution in [-0.2, 0) is 33.2 Å². The molecule has 1 unspecified atom stereocenters. The molecule has 0 saturated carbocycles. The van der Waals surface area contributed by atoms with Crippen LogP contribution in [0.5, 0.6) is 5.75 Å². The number of hydrogen-bond acceptors (Lipinski definition) is 10. The van der Waals surface area contributed by atoms with Crippen LogP contribution in [0.1, 0.15) is 64.7 Å². The second kappa shape index (κ2) is 29.7. The monoisotopic (exact) mass is 602 g/mol. The van der Waals surface area contributed by atoms with Crippen molar-refractivity contribution >= 4 is 0 Å². The number of benzene rings is 1. The molecule has 0 heterocycles. The van der Waals surface area contributed by atoms with Gasteiger partial charge in [0.25, 0.3) is 0 Å². The van der Waals surface area contributed by atoms with Crippen molar-refractivity contribution in [2.24, 2.45) is 0 Å². The molecule has 0 aromatic heterocycles. The van der Waals surface area contributed by atoms with Crippen molar-refractivity contribution in [3.63, 3.8) is 0 Å². The first-order valence-corrected chi connectivity index (χ1v) is 15.8. The van der Waals surface area contributed by atoms with E-state index in [1.54, 1.807) is 0 Å². The molecule has 1 atom stereocenters. The fraction of sp³-hybridized carbons (Fsp3) is 0.812. The zero-order valence-corrected chi connectivity index (χ0v) is 26.0. The average molecular weight is 603 g/mol. The molecular formula is C32H58O10. The van der Waals surface area contributed by atoms with Crippen molar-refractivity contribution in [1.29, 1.82) is 0 Å². The third-order valence-corrected chi connectivity index (χ3v) is 6.27. The molecule has 42 heavy (non-hydrogen) atoms. The number of hydrogen-bond donors (Lipinski definition) is 2. The molecule has 0 fully saturated rings. The smallest absolute Gasteiger partial charge is 0.231 e. The van der Waals surface area contributed by atoms with Crippen molar-refractivity contribution < 1.29 is 48.1 Å². The number of aliphatic hydroxyl groups is 2. The lowest BCUT2D eigenvalue weighted by Gasteiger charge is -2.29. The molecule has 0 bridgehead atoms. The Kier molecular flexibility index (Phi) is 27.4. The van der Waals surface area contributed by atoms with E-state index < -0.39 is 5.79 Å². The Morgan fingerprint density at radius 3 is 1.38 bits per heavy atom. The van der Waals surface area contributed by atoms with Crippen LogP contribution in [0.25, 0.3) is 0 Å². The molecule has 1 aromatic carbocycles. The summed E-state index contributed by atoms with van der Waals surface area (Å²) in [6.45, 7) is 8.31. The minimum atomic E-state index is -1.36. The van der Waals surface area contributed by atoms with Crippen LogP contribution in [0.4, 0.5) is 0 Å². The molecular weight excluding hydrogens is 544 g/mol. The van der Waals surface area contributed by atoms with Gasteiger partial charge in [0, 0.05) is 6.42 Å². The molecule has 0 spiro atoms. The number of ether oxygens (including phenoxy) is 8. The van der Waals surface area contributed by atoms with Gasteiger partial charge in [0.05, 0.1) is 92.5 Å². The topological polar surface area (TPSA) is 114 Å². The minimum Gasteiger partial charge on any atom is -0.460 e. The van der Waals surface area contributed by atoms with E-state index in [0.29, 0.717) is 98.1 Å². The van der Waals surface area contributed by atoms with E-state index in [0.717, 1.165) is 12.8 Å². The molecule has 0 radical (unpaired) electrons. The van der Waals surface area contributed by atoms with Crippen LogP contribution in [-0.4, -0.2) is 115 Å². The summed E-state index contributed by atoms with van der Waals surface area (Å²) in [7, 11) is 0. The van der Waals surface area contributed by atoms with Crippen molar-refractivity contribution in [1.82, 2.24) is 0 Å². The molecule has 0 saturated heterocycles. The molecule has 1 aromatic rings. The average Bonchev–Trinajstić information content (AvgIpc) is 3.00. The summed E-state index contributed by atoms with van der Waals surface area (Å²) < 4.78 is 44.1. The van der Waals surface area contributed by atoms with E-state index in [-0.39, 0.29) is 13.2 Å². The van der Waals surface area contributed by atoms with E-state index in [2.05, 4.69) is 6.92 Å². The molecule has 246 valence electrons. The largest absolute Gasteiger partial charge is 0.460 e. The van der Waals surface area contributed by atoms with Crippen LogP contribution in [0, 0.1) is 0 Å². The van der Waals surface area contributed by atoms with Gasteiger partial charge in [-0.2, -0.15) is 0 Å². The van der Waals surface area contributed by atoms with E-state index in [1.165, 1.54) is 38.5 Å². The maximum atomic E-state index is 11.2. The Bertz CT molecular complexity index is 666. The molecule has 0 aliphatic heterocycles. The van der Waals surface area contributed by atoms with Crippen molar-refractivity contribution in [3.8, 4) is 5.75 Å². The predicted molar refractivity (Wildman–Crippen MR) is 162 cm³/mol. The van der Waals surface area contributed by atoms with Crippen LogP contribution >= 0.6 is 0 Å². The first-order chi connectivity index (χ1) is 20.7. The summed E-state index contributed by atoms with van der Waals surface area (Å²) in [5.41, 5.74) is 0. The quantitative estimate of drug-likeness (QED) is 0.0887. The number of aliphatic hydroxyl groups excluding tert-OH is 1. The Labute approximate surface area is 253 Å². The standard InChI is InChI=1S/C32H58O10/c1-2-3-4-5-6-7-8-12-15-32(34,42-31-13-10-9-11-14-31)30-41-29-28-40-27-26-39-25-24-38-23-22-37-21-20-36-19-18-35-17-16-33/h9-11,13-14,33-34H,2-8,12,15-30H2,1H3. The highest BCUT2D eigenvalue weighted by molar-refractivity contribution is 5.21. The highest BCUT2D eigenvalue weighted by Crippen LogP contribution is 2.23. The summed E-state index contributed by atoms with van der Waals surface area (Å²) in [5.74, 6) is -0.724. The lowest BCUT2D eigenvalue weighted by molar-refractivity contribution is -0.185. The van der Waals surface area contributed by atoms with Gasteiger partial charge in [-0.05, 0) is 18.6 Å². The van der Waals surface area contributed by atoms with Gasteiger partial charge < -0.3 is 48.1 Å². The molecule has 0 amide bonds. The molecule has 1 rings (SSSR count). The zero-order valence-electron chi connectivity index (χ0n) is 26.0. The third-order valence-electron chi connectivity index (χ3n) is 6.27. The Morgan fingerprint density at radius 2 is 0.929 bits per heavy atom. The summed E-state index contributed by atoms with van der Waals surface area (Å²) >= 11 is 0. The summed E-state index contributed by atoms with van der Waals surface area (Å²) in [5, 5.41) is 19.7. The molecule has 0 aliphatic carbocycles. The van der Waals surface area contributed by atoms with Gasteiger partial charge in [0.2, 0.25) is 5.79 Å². The van der Waals surface area contributed by atoms with Gasteiger partial charge in [-0.15, -0.1) is 0 Å². The van der Waals surface area contributed by atoms with Crippen LogP contribution in [0.2, 0.25) is 0 Å². The lowest BCUT2D eigenvalue weighted by atomic mass is 10.0. The van der Waals surface area contributed by atoms with Gasteiger partial charge in [-0.1, -0.05) is 70.1 Å². The van der Waals surface area contributed by atoms with Gasteiger partial charge >= 0.3 is 0 Å². The maximum absolute atomic E-state index is 11.2. The van der Waals surface area contributed by atoms with E-state index in [4.69, 9.17) is 43.0 Å². The zero-order chi connectivity index (χ0) is 30.2. The van der Waals surface area contributed by atoms with Gasteiger partial charge in [0.1, 0.15) is 12.4 Å². The van der Waals surface area contributed by atoms with Crippen molar-refractivity contribution in [2.75, 3.05) is 99.1 Å². The van der Waals surface area contributed by atoms with Crippen molar-refractivity contribution in [2.45, 2.75) is 70.5 Å². The minimum absolute atomic E-state index is 0.0240.